The summed E-state index contributed by atoms with van der Waals surface area (Å²) in [7, 11) is 1.63. The van der Waals surface area contributed by atoms with Gasteiger partial charge in [-0.1, -0.05) is 25.1 Å². The van der Waals surface area contributed by atoms with Gasteiger partial charge in [0.1, 0.15) is 11.5 Å². The smallest absolute Gasteiger partial charge is 0.238 e. The number of para-hydroxylation sites is 1. The molecule has 0 bridgehead atoms. The topological polar surface area (TPSA) is 71.1 Å². The van der Waals surface area contributed by atoms with Crippen molar-refractivity contribution >= 4 is 17.5 Å². The van der Waals surface area contributed by atoms with Gasteiger partial charge >= 0.3 is 0 Å². The van der Waals surface area contributed by atoms with E-state index in [2.05, 4.69) is 17.1 Å². The maximum Gasteiger partial charge on any atom is 0.238 e. The first kappa shape index (κ1) is 23.6. The summed E-state index contributed by atoms with van der Waals surface area (Å²) in [6, 6.07) is 15.3. The maximum atomic E-state index is 12.5. The molecule has 2 aromatic carbocycles. The quantitative estimate of drug-likeness (QED) is 0.576. The normalized spacial score (nSPS) is 14.1. The monoisotopic (exact) mass is 439 g/mol. The fourth-order valence-electron chi connectivity index (χ4n) is 3.74. The van der Waals surface area contributed by atoms with E-state index in [1.165, 1.54) is 0 Å². The van der Waals surface area contributed by atoms with Gasteiger partial charge in [-0.05, 0) is 48.7 Å². The van der Waals surface area contributed by atoms with Crippen LogP contribution in [0.3, 0.4) is 0 Å². The summed E-state index contributed by atoms with van der Waals surface area (Å²) >= 11 is 0. The van der Waals surface area contributed by atoms with Crippen LogP contribution in [-0.4, -0.2) is 68.1 Å². The summed E-state index contributed by atoms with van der Waals surface area (Å²) in [6.07, 6.45) is 2.01. The molecule has 2 amide bonds. The number of nitrogens with one attached hydrogen (secondary N) is 1. The Kier molecular flexibility index (Phi) is 8.92. The highest BCUT2D eigenvalue weighted by atomic mass is 16.5. The number of nitrogens with zero attached hydrogens (tertiary/aromatic N) is 2. The molecule has 0 saturated carbocycles. The van der Waals surface area contributed by atoms with Crippen LogP contribution in [0.1, 0.15) is 25.3 Å². The fourth-order valence-corrected chi connectivity index (χ4v) is 3.74. The highest BCUT2D eigenvalue weighted by molar-refractivity contribution is 5.93. The van der Waals surface area contributed by atoms with Crippen molar-refractivity contribution in [2.24, 2.45) is 0 Å². The van der Waals surface area contributed by atoms with E-state index < -0.39 is 0 Å². The largest absolute Gasteiger partial charge is 0.497 e. The Morgan fingerprint density at radius 3 is 2.34 bits per heavy atom. The van der Waals surface area contributed by atoms with Gasteiger partial charge in [0.15, 0.2) is 0 Å². The average Bonchev–Trinajstić information content (AvgIpc) is 2.83. The van der Waals surface area contributed by atoms with E-state index in [1.807, 2.05) is 53.4 Å². The van der Waals surface area contributed by atoms with Gasteiger partial charge in [0.2, 0.25) is 11.8 Å². The molecule has 3 rings (SSSR count). The molecule has 7 heteroatoms. The number of methoxy groups -OCH3 is 1. The molecular formula is C25H33N3O4. The SMILES string of the molecule is CCc1ccccc1NC(=O)CN1CCN(C(=O)CCCOc2ccc(OC)cc2)CC1. The minimum atomic E-state index is -0.0126. The Morgan fingerprint density at radius 1 is 0.969 bits per heavy atom. The molecule has 1 aliphatic heterocycles. The van der Waals surface area contributed by atoms with E-state index in [-0.39, 0.29) is 11.8 Å². The molecule has 0 aromatic heterocycles. The lowest BCUT2D eigenvalue weighted by molar-refractivity contribution is -0.133. The maximum absolute atomic E-state index is 12.5. The zero-order valence-corrected chi connectivity index (χ0v) is 19.0. The van der Waals surface area contributed by atoms with Gasteiger partial charge in [0, 0.05) is 38.3 Å². The highest BCUT2D eigenvalue weighted by Gasteiger charge is 2.22. The summed E-state index contributed by atoms with van der Waals surface area (Å²) in [4.78, 5) is 28.9. The van der Waals surface area contributed by atoms with Gasteiger partial charge in [0.25, 0.3) is 0 Å². The lowest BCUT2D eigenvalue weighted by Gasteiger charge is -2.34. The van der Waals surface area contributed by atoms with Crippen molar-refractivity contribution in [3.63, 3.8) is 0 Å². The van der Waals surface area contributed by atoms with Crippen molar-refractivity contribution in [2.75, 3.05) is 51.8 Å². The Balaban J connectivity index is 1.33. The number of aryl methyl sites for hydroxylation is 1. The number of carbonyl (C=O) groups is 2. The van der Waals surface area contributed by atoms with Gasteiger partial charge in [-0.3, -0.25) is 14.5 Å². The van der Waals surface area contributed by atoms with Crippen LogP contribution >= 0.6 is 0 Å². The van der Waals surface area contributed by atoms with E-state index in [9.17, 15) is 9.59 Å². The van der Waals surface area contributed by atoms with Crippen molar-refractivity contribution in [1.82, 2.24) is 9.80 Å². The number of carbonyl (C=O) groups excluding carboxylic acids is 2. The number of hydrogen-bond acceptors (Lipinski definition) is 5. The molecule has 1 N–H and O–H groups in total. The molecule has 0 spiro atoms. The van der Waals surface area contributed by atoms with Crippen molar-refractivity contribution in [3.05, 3.63) is 54.1 Å². The molecular weight excluding hydrogens is 406 g/mol. The van der Waals surface area contributed by atoms with Gasteiger partial charge in [0.05, 0.1) is 20.3 Å². The standard InChI is InChI=1S/C25H33N3O4/c1-3-20-7-4-5-8-23(20)26-24(29)19-27-14-16-28(17-15-27)25(30)9-6-18-32-22-12-10-21(31-2)11-13-22/h4-5,7-8,10-13H,3,6,9,14-19H2,1-2H3,(H,26,29). The lowest BCUT2D eigenvalue weighted by Crippen LogP contribution is -2.50. The Labute approximate surface area is 190 Å². The van der Waals surface area contributed by atoms with Crippen LogP contribution in [0.25, 0.3) is 0 Å². The third-order valence-corrected chi connectivity index (χ3v) is 5.63. The Bertz CT molecular complexity index is 877. The van der Waals surface area contributed by atoms with Crippen molar-refractivity contribution < 1.29 is 19.1 Å². The predicted molar refractivity (Wildman–Crippen MR) is 125 cm³/mol. The van der Waals surface area contributed by atoms with Gasteiger partial charge in [-0.2, -0.15) is 0 Å². The second-order valence-corrected chi connectivity index (χ2v) is 7.84. The summed E-state index contributed by atoms with van der Waals surface area (Å²) < 4.78 is 10.8. The predicted octanol–water partition coefficient (Wildman–Crippen LogP) is 3.20. The van der Waals surface area contributed by atoms with Crippen LogP contribution in [0.4, 0.5) is 5.69 Å². The van der Waals surface area contributed by atoms with Crippen molar-refractivity contribution in [1.29, 1.82) is 0 Å². The molecule has 2 aromatic rings. The fraction of sp³-hybridized carbons (Fsp3) is 0.440. The summed E-state index contributed by atoms with van der Waals surface area (Å²) in [6.45, 7) is 5.63. The average molecular weight is 440 g/mol. The first-order chi connectivity index (χ1) is 15.6. The van der Waals surface area contributed by atoms with Gasteiger partial charge in [-0.15, -0.1) is 0 Å². The number of amides is 2. The zero-order valence-electron chi connectivity index (χ0n) is 19.0. The molecule has 1 saturated heterocycles. The van der Waals surface area contributed by atoms with E-state index in [1.54, 1.807) is 7.11 Å². The number of benzene rings is 2. The highest BCUT2D eigenvalue weighted by Crippen LogP contribution is 2.18. The lowest BCUT2D eigenvalue weighted by atomic mass is 10.1. The van der Waals surface area contributed by atoms with E-state index >= 15 is 0 Å². The second kappa shape index (κ2) is 12.1. The minimum Gasteiger partial charge on any atom is -0.497 e. The third-order valence-electron chi connectivity index (χ3n) is 5.63. The van der Waals surface area contributed by atoms with Crippen LogP contribution in [0.2, 0.25) is 0 Å². The van der Waals surface area contributed by atoms with Crippen LogP contribution in [0, 0.1) is 0 Å². The molecule has 0 radical (unpaired) electrons. The van der Waals surface area contributed by atoms with Crippen molar-refractivity contribution in [3.8, 4) is 11.5 Å². The van der Waals surface area contributed by atoms with Gasteiger partial charge in [-0.25, -0.2) is 0 Å². The van der Waals surface area contributed by atoms with Crippen LogP contribution in [0.5, 0.6) is 11.5 Å². The molecule has 172 valence electrons. The number of anilines is 1. The number of rotatable bonds is 10. The molecule has 32 heavy (non-hydrogen) atoms. The first-order valence-electron chi connectivity index (χ1n) is 11.2. The molecule has 1 aliphatic rings. The third kappa shape index (κ3) is 6.99. The number of hydrogen-bond donors (Lipinski definition) is 1. The molecule has 0 aliphatic carbocycles. The van der Waals surface area contributed by atoms with E-state index in [4.69, 9.17) is 9.47 Å². The van der Waals surface area contributed by atoms with Crippen LogP contribution in [-0.2, 0) is 16.0 Å². The first-order valence-corrected chi connectivity index (χ1v) is 11.2. The second-order valence-electron chi connectivity index (χ2n) is 7.84. The summed E-state index contributed by atoms with van der Waals surface area (Å²) in [5, 5.41) is 3.01. The Hall–Kier alpha value is -3.06. The molecule has 1 fully saturated rings. The van der Waals surface area contributed by atoms with Crippen molar-refractivity contribution in [2.45, 2.75) is 26.2 Å². The zero-order chi connectivity index (χ0) is 22.8. The van der Waals surface area contributed by atoms with E-state index in [0.29, 0.717) is 52.2 Å². The summed E-state index contributed by atoms with van der Waals surface area (Å²) in [5.41, 5.74) is 2.01. The molecule has 0 unspecified atom stereocenters. The molecule has 0 atom stereocenters. The Morgan fingerprint density at radius 2 is 1.66 bits per heavy atom. The van der Waals surface area contributed by atoms with Crippen LogP contribution < -0.4 is 14.8 Å². The minimum absolute atomic E-state index is 0.0126. The van der Waals surface area contributed by atoms with E-state index in [0.717, 1.165) is 29.2 Å². The number of piperazine rings is 1. The van der Waals surface area contributed by atoms with Crippen LogP contribution in [0.15, 0.2) is 48.5 Å². The molecule has 1 heterocycles. The summed E-state index contributed by atoms with van der Waals surface area (Å²) in [5.74, 6) is 1.69. The van der Waals surface area contributed by atoms with Gasteiger partial charge < -0.3 is 19.7 Å². The molecule has 7 nitrogen and oxygen atoms in total. The number of ether oxygens (including phenoxy) is 2.